The molecule has 0 saturated carbocycles. The van der Waals surface area contributed by atoms with Crippen molar-refractivity contribution in [2.24, 2.45) is 0 Å². The molecule has 2 aliphatic rings. The molecule has 166 valence electrons. The number of likely N-dealkylation sites (N-methyl/N-ethyl adjacent to an activating group) is 1. The van der Waals surface area contributed by atoms with E-state index in [0.717, 1.165) is 30.0 Å². The van der Waals surface area contributed by atoms with Crippen LogP contribution in [-0.2, 0) is 9.53 Å². The maximum atomic E-state index is 13.6. The molecule has 1 aromatic carbocycles. The van der Waals surface area contributed by atoms with Gasteiger partial charge in [-0.05, 0) is 49.0 Å². The predicted molar refractivity (Wildman–Crippen MR) is 122 cm³/mol. The molecule has 0 unspecified atom stereocenters. The second kappa shape index (κ2) is 9.94. The summed E-state index contributed by atoms with van der Waals surface area (Å²) in [5, 5.41) is 5.24. The highest BCUT2D eigenvalue weighted by atomic mass is 32.1. The summed E-state index contributed by atoms with van der Waals surface area (Å²) < 4.78 is 5.28. The average molecular weight is 442 g/mol. The van der Waals surface area contributed by atoms with Crippen LogP contribution < -0.4 is 5.32 Å². The van der Waals surface area contributed by atoms with E-state index < -0.39 is 5.92 Å². The normalized spacial score (nSPS) is 23.7. The Balaban J connectivity index is 1.67. The summed E-state index contributed by atoms with van der Waals surface area (Å²) in [6.07, 6.45) is 2.29. The fraction of sp³-hybridized carbons (Fsp3) is 0.500. The molecule has 1 aromatic heterocycles. The van der Waals surface area contributed by atoms with Crippen LogP contribution in [0.4, 0.5) is 0 Å². The topological polar surface area (TPSA) is 61.9 Å². The van der Waals surface area contributed by atoms with Gasteiger partial charge in [0.2, 0.25) is 5.91 Å². The molecule has 1 fully saturated rings. The summed E-state index contributed by atoms with van der Waals surface area (Å²) >= 11 is 1.59. The zero-order chi connectivity index (χ0) is 21.8. The Morgan fingerprint density at radius 2 is 2.10 bits per heavy atom. The van der Waals surface area contributed by atoms with Crippen LogP contribution in [0.15, 0.2) is 41.8 Å². The van der Waals surface area contributed by atoms with Crippen LogP contribution in [-0.4, -0.2) is 67.6 Å². The van der Waals surface area contributed by atoms with Gasteiger partial charge in [-0.1, -0.05) is 31.2 Å². The first kappa shape index (κ1) is 22.0. The van der Waals surface area contributed by atoms with E-state index in [-0.39, 0.29) is 17.9 Å². The first-order chi connectivity index (χ1) is 15.2. The first-order valence-electron chi connectivity index (χ1n) is 11.1. The number of nitrogens with zero attached hydrogens (tertiary/aromatic N) is 2. The van der Waals surface area contributed by atoms with E-state index in [1.54, 1.807) is 18.4 Å². The van der Waals surface area contributed by atoms with Crippen molar-refractivity contribution in [3.05, 3.63) is 57.8 Å². The van der Waals surface area contributed by atoms with Gasteiger partial charge in [0.25, 0.3) is 5.91 Å². The lowest BCUT2D eigenvalue weighted by Crippen LogP contribution is -2.49. The Morgan fingerprint density at radius 1 is 1.26 bits per heavy atom. The van der Waals surface area contributed by atoms with Crippen LogP contribution in [0, 0.1) is 0 Å². The van der Waals surface area contributed by atoms with Crippen LogP contribution in [0.5, 0.6) is 0 Å². The summed E-state index contributed by atoms with van der Waals surface area (Å²) in [4.78, 5) is 32.3. The number of ether oxygens (including phenoxy) is 1. The summed E-state index contributed by atoms with van der Waals surface area (Å²) in [6, 6.07) is 11.6. The lowest BCUT2D eigenvalue weighted by atomic mass is 9.81. The highest BCUT2D eigenvalue weighted by Crippen LogP contribution is 2.44. The predicted octanol–water partition coefficient (Wildman–Crippen LogP) is 3.28. The van der Waals surface area contributed by atoms with Crippen molar-refractivity contribution in [3.63, 3.8) is 0 Å². The van der Waals surface area contributed by atoms with Gasteiger partial charge in [0.1, 0.15) is 0 Å². The zero-order valence-electron chi connectivity index (χ0n) is 18.3. The van der Waals surface area contributed by atoms with E-state index in [2.05, 4.69) is 17.1 Å². The van der Waals surface area contributed by atoms with Gasteiger partial charge < -0.3 is 15.0 Å². The van der Waals surface area contributed by atoms with E-state index in [0.29, 0.717) is 31.3 Å². The minimum atomic E-state index is -0.444. The molecular formula is C24H31N3O3S. The quantitative estimate of drug-likeness (QED) is 0.683. The van der Waals surface area contributed by atoms with Crippen LogP contribution in [0.1, 0.15) is 52.5 Å². The fourth-order valence-corrected chi connectivity index (χ4v) is 5.83. The summed E-state index contributed by atoms with van der Waals surface area (Å²) in [5.74, 6) is -0.493. The number of nitrogens with one attached hydrogen (secondary N) is 1. The molecule has 0 bridgehead atoms. The van der Waals surface area contributed by atoms with Crippen molar-refractivity contribution in [1.82, 2.24) is 15.1 Å². The molecule has 0 spiro atoms. The average Bonchev–Trinajstić information content (AvgIpc) is 3.48. The molecule has 0 aliphatic carbocycles. The number of thiophene rings is 1. The molecule has 2 aromatic rings. The van der Waals surface area contributed by atoms with Gasteiger partial charge in [-0.2, -0.15) is 0 Å². The third-order valence-corrected chi connectivity index (χ3v) is 7.45. The zero-order valence-corrected chi connectivity index (χ0v) is 19.1. The number of likely N-dealkylation sites (tertiary alicyclic amines) is 1. The van der Waals surface area contributed by atoms with Gasteiger partial charge in [-0.15, -0.1) is 11.3 Å². The van der Waals surface area contributed by atoms with Crippen molar-refractivity contribution in [2.45, 2.75) is 37.8 Å². The second-order valence-corrected chi connectivity index (χ2v) is 9.17. The van der Waals surface area contributed by atoms with Crippen molar-refractivity contribution in [2.75, 3.05) is 39.9 Å². The van der Waals surface area contributed by atoms with Crippen LogP contribution >= 0.6 is 11.3 Å². The number of methoxy groups -OCH3 is 1. The van der Waals surface area contributed by atoms with Crippen molar-refractivity contribution in [1.29, 1.82) is 0 Å². The largest absolute Gasteiger partial charge is 0.383 e. The number of hydrogen-bond acceptors (Lipinski definition) is 5. The number of benzene rings is 1. The van der Waals surface area contributed by atoms with Gasteiger partial charge in [0.15, 0.2) is 0 Å². The molecule has 4 rings (SSSR count). The smallest absolute Gasteiger partial charge is 0.254 e. The standard InChI is InChI=1S/C24H31N3O3S/c1-3-26-12-6-8-17(26)16-25-23(28)21-18-9-4-5-10-19(18)24(29)27(13-14-30-2)22(21)20-11-7-15-31-20/h4-5,7,9-11,15,17,21-22H,3,6,8,12-14,16H2,1-2H3,(H,25,28)/t17-,21+,22+/m1/s1. The van der Waals surface area contributed by atoms with E-state index in [1.165, 1.54) is 6.42 Å². The molecule has 3 atom stereocenters. The molecular weight excluding hydrogens is 410 g/mol. The van der Waals surface area contributed by atoms with Crippen LogP contribution in [0.3, 0.4) is 0 Å². The van der Waals surface area contributed by atoms with Gasteiger partial charge in [-0.3, -0.25) is 14.5 Å². The highest BCUT2D eigenvalue weighted by molar-refractivity contribution is 7.10. The van der Waals surface area contributed by atoms with E-state index >= 15 is 0 Å². The number of carbonyl (C=O) groups is 2. The lowest BCUT2D eigenvalue weighted by Gasteiger charge is -2.41. The molecule has 2 aliphatic heterocycles. The number of fused-ring (bicyclic) bond motifs is 1. The first-order valence-corrected chi connectivity index (χ1v) is 12.0. The molecule has 7 heteroatoms. The van der Waals surface area contributed by atoms with Crippen molar-refractivity contribution in [3.8, 4) is 0 Å². The minimum Gasteiger partial charge on any atom is -0.383 e. The van der Waals surface area contributed by atoms with Crippen LogP contribution in [0.25, 0.3) is 0 Å². The summed E-state index contributed by atoms with van der Waals surface area (Å²) in [7, 11) is 1.63. The van der Waals surface area contributed by atoms with Crippen LogP contribution in [0.2, 0.25) is 0 Å². The Hall–Kier alpha value is -2.22. The Bertz CT molecular complexity index is 901. The van der Waals surface area contributed by atoms with Gasteiger partial charge >= 0.3 is 0 Å². The Kier molecular flexibility index (Phi) is 7.05. The maximum absolute atomic E-state index is 13.6. The van der Waals surface area contributed by atoms with E-state index in [9.17, 15) is 9.59 Å². The summed E-state index contributed by atoms with van der Waals surface area (Å²) in [5.41, 5.74) is 1.43. The number of hydrogen-bond donors (Lipinski definition) is 1. The summed E-state index contributed by atoms with van der Waals surface area (Å²) in [6.45, 7) is 5.79. The van der Waals surface area contributed by atoms with Crippen molar-refractivity contribution >= 4 is 23.2 Å². The Labute approximate surface area is 188 Å². The molecule has 6 nitrogen and oxygen atoms in total. The number of rotatable bonds is 8. The van der Waals surface area contributed by atoms with E-state index in [4.69, 9.17) is 4.74 Å². The Morgan fingerprint density at radius 3 is 2.84 bits per heavy atom. The molecule has 1 saturated heterocycles. The second-order valence-electron chi connectivity index (χ2n) is 8.19. The molecule has 31 heavy (non-hydrogen) atoms. The number of carbonyl (C=O) groups excluding carboxylic acids is 2. The maximum Gasteiger partial charge on any atom is 0.254 e. The minimum absolute atomic E-state index is 0.0104. The molecule has 1 N–H and O–H groups in total. The lowest BCUT2D eigenvalue weighted by molar-refractivity contribution is -0.124. The number of amides is 2. The third-order valence-electron chi connectivity index (χ3n) is 6.51. The third kappa shape index (κ3) is 4.40. The molecule has 2 amide bonds. The van der Waals surface area contributed by atoms with Gasteiger partial charge in [-0.25, -0.2) is 0 Å². The highest BCUT2D eigenvalue weighted by Gasteiger charge is 2.44. The van der Waals surface area contributed by atoms with Gasteiger partial charge in [0.05, 0.1) is 18.6 Å². The van der Waals surface area contributed by atoms with E-state index in [1.807, 2.05) is 46.7 Å². The van der Waals surface area contributed by atoms with Crippen molar-refractivity contribution < 1.29 is 14.3 Å². The van der Waals surface area contributed by atoms with Gasteiger partial charge in [0, 0.05) is 36.7 Å². The monoisotopic (exact) mass is 441 g/mol. The molecule has 0 radical (unpaired) electrons. The molecule has 3 heterocycles. The SMILES string of the molecule is CCN1CCC[C@@H]1CNC(=O)[C@H]1c2ccccc2C(=O)N(CCOC)[C@H]1c1cccs1. The fourth-order valence-electron chi connectivity index (χ4n) is 4.96.